The van der Waals surface area contributed by atoms with Crippen molar-refractivity contribution in [3.8, 4) is 0 Å². The summed E-state index contributed by atoms with van der Waals surface area (Å²) in [6.07, 6.45) is 0.916. The maximum atomic E-state index is 13.3. The number of oxime groups is 1. The summed E-state index contributed by atoms with van der Waals surface area (Å²) in [4.78, 5) is 12.3. The van der Waals surface area contributed by atoms with Crippen LogP contribution in [0.15, 0.2) is 23.4 Å². The van der Waals surface area contributed by atoms with Crippen molar-refractivity contribution in [2.24, 2.45) is 10.9 Å². The molecule has 1 amide bonds. The standard InChI is InChI=1S/C14H20FN3O2/c1-4-14(5-2,13(16)18-20)17-12(19)11-8-10(15)7-6-9(11)3/h6-8,20H,4-5H2,1-3H3,(H2,16,18)(H,17,19). The van der Waals surface area contributed by atoms with Crippen LogP contribution >= 0.6 is 0 Å². The van der Waals surface area contributed by atoms with E-state index < -0.39 is 17.3 Å². The zero-order chi connectivity index (χ0) is 15.3. The van der Waals surface area contributed by atoms with Gasteiger partial charge in [-0.25, -0.2) is 4.39 Å². The molecule has 1 aromatic carbocycles. The Morgan fingerprint density at radius 1 is 1.45 bits per heavy atom. The molecule has 0 atom stereocenters. The van der Waals surface area contributed by atoms with Crippen molar-refractivity contribution < 1.29 is 14.4 Å². The van der Waals surface area contributed by atoms with Gasteiger partial charge in [0.15, 0.2) is 5.84 Å². The minimum atomic E-state index is -0.940. The maximum Gasteiger partial charge on any atom is 0.252 e. The average Bonchev–Trinajstić information content (AvgIpc) is 2.46. The number of carbonyl (C=O) groups excluding carboxylic acids is 1. The molecule has 0 aromatic heterocycles. The molecule has 0 aliphatic rings. The molecule has 6 heteroatoms. The van der Waals surface area contributed by atoms with Gasteiger partial charge in [-0.05, 0) is 37.5 Å². The second-order valence-electron chi connectivity index (χ2n) is 4.69. The topological polar surface area (TPSA) is 87.7 Å². The normalized spacial score (nSPS) is 12.3. The van der Waals surface area contributed by atoms with Crippen LogP contribution in [-0.2, 0) is 0 Å². The molecule has 0 unspecified atom stereocenters. The van der Waals surface area contributed by atoms with Gasteiger partial charge in [-0.3, -0.25) is 4.79 Å². The first-order valence-corrected chi connectivity index (χ1v) is 6.46. The fourth-order valence-corrected chi connectivity index (χ4v) is 2.07. The van der Waals surface area contributed by atoms with Gasteiger partial charge in [-0.15, -0.1) is 0 Å². The summed E-state index contributed by atoms with van der Waals surface area (Å²) in [5, 5.41) is 14.6. The molecule has 0 aliphatic carbocycles. The Hall–Kier alpha value is -2.11. The van der Waals surface area contributed by atoms with Gasteiger partial charge in [0.2, 0.25) is 0 Å². The van der Waals surface area contributed by atoms with Crippen molar-refractivity contribution >= 4 is 11.7 Å². The molecule has 0 aliphatic heterocycles. The van der Waals surface area contributed by atoms with Crippen LogP contribution in [0.4, 0.5) is 4.39 Å². The number of nitrogens with zero attached hydrogens (tertiary/aromatic N) is 1. The van der Waals surface area contributed by atoms with Crippen molar-refractivity contribution in [2.75, 3.05) is 0 Å². The van der Waals surface area contributed by atoms with Crippen molar-refractivity contribution in [3.05, 3.63) is 35.1 Å². The number of rotatable bonds is 5. The lowest BCUT2D eigenvalue weighted by atomic mass is 9.90. The fraction of sp³-hybridized carbons (Fsp3) is 0.429. The summed E-state index contributed by atoms with van der Waals surface area (Å²) < 4.78 is 13.3. The second-order valence-corrected chi connectivity index (χ2v) is 4.69. The number of amides is 1. The Labute approximate surface area is 117 Å². The van der Waals surface area contributed by atoms with E-state index in [1.807, 2.05) is 13.8 Å². The van der Waals surface area contributed by atoms with E-state index in [0.29, 0.717) is 18.4 Å². The Morgan fingerprint density at radius 2 is 2.05 bits per heavy atom. The van der Waals surface area contributed by atoms with Crippen LogP contribution in [0.2, 0.25) is 0 Å². The summed E-state index contributed by atoms with van der Waals surface area (Å²) in [6.45, 7) is 5.36. The van der Waals surface area contributed by atoms with Crippen LogP contribution in [0.1, 0.15) is 42.6 Å². The number of benzene rings is 1. The summed E-state index contributed by atoms with van der Waals surface area (Å²) in [5.41, 5.74) is 5.63. The van der Waals surface area contributed by atoms with Crippen LogP contribution in [0.3, 0.4) is 0 Å². The third-order valence-electron chi connectivity index (χ3n) is 3.60. The highest BCUT2D eigenvalue weighted by Crippen LogP contribution is 2.18. The highest BCUT2D eigenvalue weighted by molar-refractivity contribution is 6.01. The summed E-state index contributed by atoms with van der Waals surface area (Å²) >= 11 is 0. The van der Waals surface area contributed by atoms with Crippen LogP contribution < -0.4 is 11.1 Å². The lowest BCUT2D eigenvalue weighted by Gasteiger charge is -2.31. The highest BCUT2D eigenvalue weighted by Gasteiger charge is 2.33. The molecule has 5 nitrogen and oxygen atoms in total. The zero-order valence-electron chi connectivity index (χ0n) is 11.9. The number of halogens is 1. The van der Waals surface area contributed by atoms with E-state index in [9.17, 15) is 9.18 Å². The summed E-state index contributed by atoms with van der Waals surface area (Å²) in [6, 6.07) is 4.00. The molecule has 0 bridgehead atoms. The first-order chi connectivity index (χ1) is 9.40. The first-order valence-electron chi connectivity index (χ1n) is 6.46. The van der Waals surface area contributed by atoms with Gasteiger partial charge >= 0.3 is 0 Å². The SMILES string of the molecule is CCC(CC)(NC(=O)c1cc(F)ccc1C)C(N)=NO. The predicted octanol–water partition coefficient (Wildman–Crippen LogP) is 2.17. The number of amidine groups is 1. The van der Waals surface area contributed by atoms with Crippen LogP contribution in [0, 0.1) is 12.7 Å². The third kappa shape index (κ3) is 3.07. The minimum absolute atomic E-state index is 0.0649. The lowest BCUT2D eigenvalue weighted by Crippen LogP contribution is -2.57. The number of nitrogens with one attached hydrogen (secondary N) is 1. The van der Waals surface area contributed by atoms with Gasteiger partial charge in [0.05, 0.1) is 0 Å². The number of aryl methyl sites for hydroxylation is 1. The molecule has 0 saturated heterocycles. The van der Waals surface area contributed by atoms with Crippen molar-refractivity contribution in [1.29, 1.82) is 0 Å². The molecular weight excluding hydrogens is 261 g/mol. The Bertz CT molecular complexity index is 525. The van der Waals surface area contributed by atoms with Gasteiger partial charge in [0.1, 0.15) is 11.4 Å². The third-order valence-corrected chi connectivity index (χ3v) is 3.60. The van der Waals surface area contributed by atoms with Crippen LogP contribution in [0.5, 0.6) is 0 Å². The van der Waals surface area contributed by atoms with Crippen LogP contribution in [-0.4, -0.2) is 22.5 Å². The van der Waals surface area contributed by atoms with Gasteiger partial charge in [-0.2, -0.15) is 0 Å². The second kappa shape index (κ2) is 6.36. The van der Waals surface area contributed by atoms with E-state index in [-0.39, 0.29) is 11.4 Å². The molecule has 1 rings (SSSR count). The number of hydrogen-bond donors (Lipinski definition) is 3. The molecule has 0 fully saturated rings. The molecule has 1 aromatic rings. The van der Waals surface area contributed by atoms with Crippen molar-refractivity contribution in [2.45, 2.75) is 39.2 Å². The number of carbonyl (C=O) groups is 1. The Kier molecular flexibility index (Phi) is 5.07. The summed E-state index contributed by atoms with van der Waals surface area (Å²) in [7, 11) is 0. The van der Waals surface area contributed by atoms with Gasteiger partial charge < -0.3 is 16.3 Å². The lowest BCUT2D eigenvalue weighted by molar-refractivity contribution is 0.0916. The zero-order valence-corrected chi connectivity index (χ0v) is 11.9. The fourth-order valence-electron chi connectivity index (χ4n) is 2.07. The highest BCUT2D eigenvalue weighted by atomic mass is 19.1. The Morgan fingerprint density at radius 3 is 2.55 bits per heavy atom. The number of hydrogen-bond acceptors (Lipinski definition) is 3. The molecule has 20 heavy (non-hydrogen) atoms. The van der Waals surface area contributed by atoms with E-state index in [1.54, 1.807) is 6.92 Å². The van der Waals surface area contributed by atoms with E-state index >= 15 is 0 Å². The largest absolute Gasteiger partial charge is 0.409 e. The smallest absolute Gasteiger partial charge is 0.252 e. The van der Waals surface area contributed by atoms with E-state index in [1.165, 1.54) is 18.2 Å². The molecule has 4 N–H and O–H groups in total. The monoisotopic (exact) mass is 281 g/mol. The quantitative estimate of drug-likeness (QED) is 0.334. The molecule has 110 valence electrons. The molecule has 0 heterocycles. The van der Waals surface area contributed by atoms with E-state index in [0.717, 1.165) is 0 Å². The summed E-state index contributed by atoms with van der Waals surface area (Å²) in [5.74, 6) is -0.995. The first kappa shape index (κ1) is 15.9. The molecule has 0 spiro atoms. The molecule has 0 saturated carbocycles. The predicted molar refractivity (Wildman–Crippen MR) is 75.3 cm³/mol. The van der Waals surface area contributed by atoms with Crippen molar-refractivity contribution in [3.63, 3.8) is 0 Å². The average molecular weight is 281 g/mol. The minimum Gasteiger partial charge on any atom is -0.409 e. The van der Waals surface area contributed by atoms with E-state index in [4.69, 9.17) is 10.9 Å². The number of nitrogens with two attached hydrogens (primary N) is 1. The van der Waals surface area contributed by atoms with Gasteiger partial charge in [-0.1, -0.05) is 25.1 Å². The van der Waals surface area contributed by atoms with Crippen molar-refractivity contribution in [1.82, 2.24) is 5.32 Å². The molecular formula is C14H20FN3O2. The van der Waals surface area contributed by atoms with Gasteiger partial charge in [0, 0.05) is 5.56 Å². The van der Waals surface area contributed by atoms with Gasteiger partial charge in [0.25, 0.3) is 5.91 Å². The van der Waals surface area contributed by atoms with Crippen LogP contribution in [0.25, 0.3) is 0 Å². The van der Waals surface area contributed by atoms with E-state index in [2.05, 4.69) is 10.5 Å². The molecule has 0 radical (unpaired) electrons. The maximum absolute atomic E-state index is 13.3. The Balaban J connectivity index is 3.12.